The van der Waals surface area contributed by atoms with Crippen LogP contribution in [0.5, 0.6) is 0 Å². The van der Waals surface area contributed by atoms with Crippen molar-refractivity contribution >= 4 is 5.97 Å². The molecule has 2 aromatic heterocycles. The Labute approximate surface area is 72.2 Å². The maximum absolute atomic E-state index is 10.4. The molecular weight excluding hydrogens is 174 g/mol. The molecule has 0 aliphatic heterocycles. The molecule has 2 heterocycles. The van der Waals surface area contributed by atoms with Gasteiger partial charge < -0.3 is 9.63 Å². The summed E-state index contributed by atoms with van der Waals surface area (Å²) in [5.41, 5.74) is 0.552. The normalized spacial score (nSPS) is 10.2. The first-order valence-corrected chi connectivity index (χ1v) is 3.46. The fourth-order valence-electron chi connectivity index (χ4n) is 0.898. The summed E-state index contributed by atoms with van der Waals surface area (Å²) < 4.78 is 4.78. The lowest BCUT2D eigenvalue weighted by Crippen LogP contribution is -1.94. The summed E-state index contributed by atoms with van der Waals surface area (Å²) in [7, 11) is 0. The number of carboxylic acids is 1. The number of hydrogen-bond donors (Lipinski definition) is 2. The number of aromatic nitrogens is 3. The maximum atomic E-state index is 10.4. The molecule has 6 nitrogen and oxygen atoms in total. The Morgan fingerprint density at radius 3 is 3.00 bits per heavy atom. The summed E-state index contributed by atoms with van der Waals surface area (Å²) in [5, 5.41) is 18.2. The quantitative estimate of drug-likeness (QED) is 0.710. The van der Waals surface area contributed by atoms with Crippen molar-refractivity contribution in [3.63, 3.8) is 0 Å². The summed E-state index contributed by atoms with van der Waals surface area (Å²) in [4.78, 5) is 10.4. The number of aromatic carboxylic acids is 1. The molecule has 0 amide bonds. The van der Waals surface area contributed by atoms with Gasteiger partial charge >= 0.3 is 5.97 Å². The summed E-state index contributed by atoms with van der Waals surface area (Å²) >= 11 is 0. The van der Waals surface area contributed by atoms with Gasteiger partial charge in [0.2, 0.25) is 0 Å². The average molecular weight is 179 g/mol. The van der Waals surface area contributed by atoms with Gasteiger partial charge in [-0.1, -0.05) is 5.16 Å². The van der Waals surface area contributed by atoms with E-state index in [2.05, 4.69) is 15.4 Å². The number of rotatable bonds is 2. The third kappa shape index (κ3) is 1.28. The molecule has 0 aliphatic carbocycles. The van der Waals surface area contributed by atoms with Gasteiger partial charge in [-0.25, -0.2) is 4.79 Å². The number of carboxylic acid groups (broad SMARTS) is 1. The number of nitrogens with zero attached hydrogens (tertiary/aromatic N) is 2. The van der Waals surface area contributed by atoms with E-state index in [0.29, 0.717) is 11.3 Å². The number of carbonyl (C=O) groups is 1. The van der Waals surface area contributed by atoms with Crippen LogP contribution in [0.25, 0.3) is 11.3 Å². The van der Waals surface area contributed by atoms with Crippen LogP contribution in [0.15, 0.2) is 23.0 Å². The highest BCUT2D eigenvalue weighted by atomic mass is 16.5. The van der Waals surface area contributed by atoms with Crippen molar-refractivity contribution in [1.82, 2.24) is 15.4 Å². The van der Waals surface area contributed by atoms with Crippen LogP contribution < -0.4 is 0 Å². The van der Waals surface area contributed by atoms with Gasteiger partial charge in [0.1, 0.15) is 0 Å². The lowest BCUT2D eigenvalue weighted by Gasteiger charge is -1.81. The molecule has 0 fully saturated rings. The fourth-order valence-corrected chi connectivity index (χ4v) is 0.898. The van der Waals surface area contributed by atoms with Gasteiger partial charge in [0.25, 0.3) is 0 Å². The van der Waals surface area contributed by atoms with Crippen LogP contribution in [0.1, 0.15) is 10.5 Å². The van der Waals surface area contributed by atoms with E-state index in [-0.39, 0.29) is 5.69 Å². The monoisotopic (exact) mass is 179 g/mol. The zero-order valence-electron chi connectivity index (χ0n) is 6.39. The van der Waals surface area contributed by atoms with Gasteiger partial charge in [0, 0.05) is 12.3 Å². The molecule has 0 aliphatic rings. The number of nitrogens with one attached hydrogen (secondary N) is 1. The van der Waals surface area contributed by atoms with Crippen molar-refractivity contribution in [2.75, 3.05) is 0 Å². The molecule has 0 saturated carbocycles. The lowest BCUT2D eigenvalue weighted by molar-refractivity contribution is 0.0686. The number of H-pyrrole nitrogens is 1. The minimum absolute atomic E-state index is 0.115. The molecule has 0 unspecified atom stereocenters. The van der Waals surface area contributed by atoms with Crippen molar-refractivity contribution in [2.45, 2.75) is 0 Å². The largest absolute Gasteiger partial charge is 0.476 e. The second-order valence-electron chi connectivity index (χ2n) is 2.37. The fraction of sp³-hybridized carbons (Fsp3) is 0. The minimum atomic E-state index is -1.11. The van der Waals surface area contributed by atoms with Gasteiger partial charge in [-0.2, -0.15) is 5.10 Å². The Morgan fingerprint density at radius 2 is 2.46 bits per heavy atom. The van der Waals surface area contributed by atoms with Crippen LogP contribution in [0.2, 0.25) is 0 Å². The van der Waals surface area contributed by atoms with Crippen molar-refractivity contribution in [3.05, 3.63) is 24.2 Å². The Hall–Kier alpha value is -2.11. The molecule has 2 N–H and O–H groups in total. The molecule has 0 saturated heterocycles. The highest BCUT2D eigenvalue weighted by Gasteiger charge is 2.12. The zero-order valence-corrected chi connectivity index (χ0v) is 6.39. The summed E-state index contributed by atoms with van der Waals surface area (Å²) in [6.45, 7) is 0. The maximum Gasteiger partial charge on any atom is 0.358 e. The van der Waals surface area contributed by atoms with Crippen LogP contribution >= 0.6 is 0 Å². The van der Waals surface area contributed by atoms with E-state index < -0.39 is 5.97 Å². The van der Waals surface area contributed by atoms with Gasteiger partial charge in [-0.15, -0.1) is 0 Å². The second-order valence-corrected chi connectivity index (χ2v) is 2.37. The van der Waals surface area contributed by atoms with Crippen molar-refractivity contribution in [1.29, 1.82) is 0 Å². The smallest absolute Gasteiger partial charge is 0.358 e. The molecule has 0 radical (unpaired) electrons. The van der Waals surface area contributed by atoms with Crippen molar-refractivity contribution in [3.8, 4) is 11.3 Å². The first-order chi connectivity index (χ1) is 6.27. The van der Waals surface area contributed by atoms with Gasteiger partial charge in [-0.3, -0.25) is 5.10 Å². The van der Waals surface area contributed by atoms with E-state index in [9.17, 15) is 4.79 Å². The Morgan fingerprint density at radius 1 is 1.62 bits per heavy atom. The summed E-state index contributed by atoms with van der Waals surface area (Å²) in [6.07, 6.45) is 3.11. The van der Waals surface area contributed by atoms with Crippen molar-refractivity contribution < 1.29 is 14.4 Å². The molecule has 2 aromatic rings. The number of hydrogen-bond acceptors (Lipinski definition) is 4. The van der Waals surface area contributed by atoms with Crippen LogP contribution in [0.4, 0.5) is 0 Å². The van der Waals surface area contributed by atoms with Gasteiger partial charge in [0.05, 0.1) is 11.8 Å². The SMILES string of the molecule is O=C(O)c1cc(-c2cn[nH]c2)on1. The van der Waals surface area contributed by atoms with Gasteiger partial charge in [0.15, 0.2) is 11.5 Å². The predicted molar refractivity (Wildman–Crippen MR) is 41.0 cm³/mol. The lowest BCUT2D eigenvalue weighted by atomic mass is 10.2. The molecule has 13 heavy (non-hydrogen) atoms. The molecule has 2 rings (SSSR count). The first kappa shape index (κ1) is 7.53. The molecule has 0 bridgehead atoms. The summed E-state index contributed by atoms with van der Waals surface area (Å²) in [6, 6.07) is 1.34. The van der Waals surface area contributed by atoms with E-state index in [0.717, 1.165) is 0 Å². The highest BCUT2D eigenvalue weighted by molar-refractivity contribution is 5.86. The van der Waals surface area contributed by atoms with Gasteiger partial charge in [-0.05, 0) is 0 Å². The Kier molecular flexibility index (Phi) is 1.59. The molecule has 66 valence electrons. The standard InChI is InChI=1S/C7H5N3O3/c11-7(12)5-1-6(13-10-5)4-2-8-9-3-4/h1-3H,(H,8,9)(H,11,12). The predicted octanol–water partition coefficient (Wildman–Crippen LogP) is 0.763. The topological polar surface area (TPSA) is 92.0 Å². The molecule has 6 heteroatoms. The van der Waals surface area contributed by atoms with Crippen LogP contribution in [-0.4, -0.2) is 26.4 Å². The molecule has 0 aromatic carbocycles. The van der Waals surface area contributed by atoms with Crippen LogP contribution in [0, 0.1) is 0 Å². The van der Waals surface area contributed by atoms with Crippen LogP contribution in [0.3, 0.4) is 0 Å². The summed E-state index contributed by atoms with van der Waals surface area (Å²) in [5.74, 6) is -0.732. The number of aromatic amines is 1. The minimum Gasteiger partial charge on any atom is -0.476 e. The second kappa shape index (κ2) is 2.74. The van der Waals surface area contributed by atoms with E-state index in [4.69, 9.17) is 9.63 Å². The molecular formula is C7H5N3O3. The van der Waals surface area contributed by atoms with E-state index in [1.807, 2.05) is 0 Å². The Bertz CT molecular complexity index is 418. The van der Waals surface area contributed by atoms with E-state index >= 15 is 0 Å². The van der Waals surface area contributed by atoms with Crippen LogP contribution in [-0.2, 0) is 0 Å². The molecule has 0 spiro atoms. The third-order valence-electron chi connectivity index (χ3n) is 1.51. The van der Waals surface area contributed by atoms with Crippen molar-refractivity contribution in [2.24, 2.45) is 0 Å². The molecule has 0 atom stereocenters. The third-order valence-corrected chi connectivity index (χ3v) is 1.51. The van der Waals surface area contributed by atoms with E-state index in [1.54, 1.807) is 6.20 Å². The first-order valence-electron chi connectivity index (χ1n) is 3.46. The zero-order chi connectivity index (χ0) is 9.26. The van der Waals surface area contributed by atoms with E-state index in [1.165, 1.54) is 12.3 Å². The Balaban J connectivity index is 2.39. The highest BCUT2D eigenvalue weighted by Crippen LogP contribution is 2.17. The average Bonchev–Trinajstić information content (AvgIpc) is 2.75.